The van der Waals surface area contributed by atoms with Crippen molar-refractivity contribution in [2.45, 2.75) is 31.5 Å². The van der Waals surface area contributed by atoms with E-state index in [1.54, 1.807) is 7.05 Å². The molecule has 1 fully saturated rings. The topological polar surface area (TPSA) is 44.8 Å². The maximum atomic E-state index is 11.6. The molecule has 5 heteroatoms. The Labute approximate surface area is 154 Å². The van der Waals surface area contributed by atoms with Crippen LogP contribution in [-0.4, -0.2) is 37.8 Å². The van der Waals surface area contributed by atoms with Crippen LogP contribution in [0.4, 0.5) is 10.5 Å². The fraction of sp³-hybridized carbons (Fsp3) is 0.381. The van der Waals surface area contributed by atoms with E-state index >= 15 is 0 Å². The van der Waals surface area contributed by atoms with Gasteiger partial charge in [-0.25, -0.2) is 4.79 Å². The van der Waals surface area contributed by atoms with Crippen molar-refractivity contribution in [3.8, 4) is 5.75 Å². The van der Waals surface area contributed by atoms with Gasteiger partial charge >= 0.3 is 6.09 Å². The molecule has 1 N–H and O–H groups in total. The Kier molecular flexibility index (Phi) is 4.11. The highest BCUT2D eigenvalue weighted by atomic mass is 16.5. The molecule has 26 heavy (non-hydrogen) atoms. The minimum Gasteiger partial charge on any atom is -0.410 e. The molecular formula is C21H25N3O2. The largest absolute Gasteiger partial charge is 0.412 e. The number of amides is 1. The van der Waals surface area contributed by atoms with Crippen molar-refractivity contribution in [3.63, 3.8) is 0 Å². The fourth-order valence-corrected chi connectivity index (χ4v) is 4.53. The zero-order chi connectivity index (χ0) is 18.3. The third kappa shape index (κ3) is 2.63. The maximum absolute atomic E-state index is 11.6. The minimum absolute atomic E-state index is 0.0287. The van der Waals surface area contributed by atoms with Crippen LogP contribution in [0.3, 0.4) is 0 Å². The van der Waals surface area contributed by atoms with Gasteiger partial charge in [-0.3, -0.25) is 4.90 Å². The van der Waals surface area contributed by atoms with Crippen LogP contribution in [0.2, 0.25) is 0 Å². The Bertz CT molecular complexity index is 823. The second-order valence-corrected chi connectivity index (χ2v) is 7.45. The van der Waals surface area contributed by atoms with E-state index in [0.29, 0.717) is 11.9 Å². The molecular weight excluding hydrogens is 326 g/mol. The Morgan fingerprint density at radius 2 is 2.04 bits per heavy atom. The van der Waals surface area contributed by atoms with Gasteiger partial charge in [0.2, 0.25) is 0 Å². The summed E-state index contributed by atoms with van der Waals surface area (Å²) in [6, 6.07) is 16.6. The number of rotatable bonds is 3. The summed E-state index contributed by atoms with van der Waals surface area (Å²) in [4.78, 5) is 16.5. The number of ether oxygens (including phenoxy) is 1. The third-order valence-electron chi connectivity index (χ3n) is 5.77. The molecule has 5 nitrogen and oxygen atoms in total. The van der Waals surface area contributed by atoms with E-state index in [4.69, 9.17) is 4.74 Å². The molecule has 2 heterocycles. The van der Waals surface area contributed by atoms with E-state index in [2.05, 4.69) is 65.5 Å². The first-order valence-corrected chi connectivity index (χ1v) is 9.08. The number of hydrogen-bond donors (Lipinski definition) is 1. The van der Waals surface area contributed by atoms with Crippen molar-refractivity contribution >= 4 is 11.8 Å². The lowest BCUT2D eigenvalue weighted by molar-refractivity contribution is 0.203. The zero-order valence-corrected chi connectivity index (χ0v) is 15.5. The first-order chi connectivity index (χ1) is 12.5. The monoisotopic (exact) mass is 351 g/mol. The summed E-state index contributed by atoms with van der Waals surface area (Å²) in [5.41, 5.74) is 3.83. The van der Waals surface area contributed by atoms with E-state index in [0.717, 1.165) is 19.5 Å². The van der Waals surface area contributed by atoms with Gasteiger partial charge in [0, 0.05) is 31.2 Å². The van der Waals surface area contributed by atoms with Crippen LogP contribution in [-0.2, 0) is 12.0 Å². The first-order valence-electron chi connectivity index (χ1n) is 9.08. The fourth-order valence-electron chi connectivity index (χ4n) is 4.53. The smallest absolute Gasteiger partial charge is 0.410 e. The summed E-state index contributed by atoms with van der Waals surface area (Å²) in [5.74, 6) is 0.596. The summed E-state index contributed by atoms with van der Waals surface area (Å²) in [6.07, 6.45) is 0.970. The van der Waals surface area contributed by atoms with Crippen LogP contribution in [0, 0.1) is 0 Å². The molecule has 0 unspecified atom stereocenters. The molecule has 0 aliphatic carbocycles. The molecule has 2 atom stereocenters. The zero-order valence-electron chi connectivity index (χ0n) is 15.5. The maximum Gasteiger partial charge on any atom is 0.412 e. The molecule has 0 aromatic heterocycles. The van der Waals surface area contributed by atoms with E-state index in [1.807, 2.05) is 12.1 Å². The van der Waals surface area contributed by atoms with Crippen molar-refractivity contribution < 1.29 is 9.53 Å². The van der Waals surface area contributed by atoms with Crippen LogP contribution >= 0.6 is 0 Å². The summed E-state index contributed by atoms with van der Waals surface area (Å²) in [7, 11) is 3.77. The van der Waals surface area contributed by atoms with Gasteiger partial charge in [0.1, 0.15) is 5.75 Å². The van der Waals surface area contributed by atoms with Crippen molar-refractivity contribution in [2.75, 3.05) is 25.5 Å². The number of nitrogens with one attached hydrogen (secondary N) is 1. The second kappa shape index (κ2) is 6.32. The van der Waals surface area contributed by atoms with Crippen LogP contribution in [0.5, 0.6) is 5.75 Å². The van der Waals surface area contributed by atoms with Crippen molar-refractivity contribution in [1.29, 1.82) is 0 Å². The summed E-state index contributed by atoms with van der Waals surface area (Å²) in [6.45, 7) is 4.26. The van der Waals surface area contributed by atoms with Crippen LogP contribution in [0.25, 0.3) is 0 Å². The average Bonchev–Trinajstić information content (AvgIpc) is 3.08. The summed E-state index contributed by atoms with van der Waals surface area (Å²) < 4.78 is 5.38. The van der Waals surface area contributed by atoms with Crippen molar-refractivity contribution in [3.05, 3.63) is 59.7 Å². The Hall–Kier alpha value is -2.53. The van der Waals surface area contributed by atoms with E-state index < -0.39 is 6.09 Å². The normalized spacial score (nSPS) is 24.3. The molecule has 2 aliphatic rings. The number of anilines is 1. The standard InChI is InChI=1S/C21H25N3O2/c1-21-11-12-23(3)19(21)24(14-15-7-5-4-6-8-15)18-10-9-16(13-17(18)21)26-20(25)22-2/h4-10,13,19H,11-12,14H2,1-3H3,(H,22,25)/t19-,21+/m1/s1. The Balaban J connectivity index is 1.74. The van der Waals surface area contributed by atoms with E-state index in [9.17, 15) is 4.79 Å². The highest BCUT2D eigenvalue weighted by Crippen LogP contribution is 2.52. The SMILES string of the molecule is CNC(=O)Oc1ccc2c(c1)[C@]1(C)CCN(C)[C@@H]1N2Cc1ccccc1. The number of carbonyl (C=O) groups is 1. The quantitative estimate of drug-likeness (QED) is 0.921. The first kappa shape index (κ1) is 16.9. The van der Waals surface area contributed by atoms with Gasteiger partial charge < -0.3 is 15.0 Å². The van der Waals surface area contributed by atoms with Gasteiger partial charge in [-0.1, -0.05) is 37.3 Å². The number of likely N-dealkylation sites (N-methyl/N-ethyl adjacent to an activating group) is 1. The molecule has 0 saturated carbocycles. The van der Waals surface area contributed by atoms with Gasteiger partial charge in [0.15, 0.2) is 0 Å². The lowest BCUT2D eigenvalue weighted by atomic mass is 9.81. The van der Waals surface area contributed by atoms with Gasteiger partial charge in [-0.15, -0.1) is 0 Å². The number of fused-ring (bicyclic) bond motifs is 3. The minimum atomic E-state index is -0.436. The molecule has 1 amide bonds. The molecule has 2 aliphatic heterocycles. The molecule has 136 valence electrons. The van der Waals surface area contributed by atoms with Crippen LogP contribution < -0.4 is 15.0 Å². The average molecular weight is 351 g/mol. The number of nitrogens with zero attached hydrogens (tertiary/aromatic N) is 2. The number of likely N-dealkylation sites (tertiary alicyclic amines) is 1. The molecule has 4 rings (SSSR count). The Morgan fingerprint density at radius 3 is 2.77 bits per heavy atom. The van der Waals surface area contributed by atoms with Gasteiger partial charge in [0.05, 0.1) is 6.17 Å². The van der Waals surface area contributed by atoms with Crippen molar-refractivity contribution in [1.82, 2.24) is 10.2 Å². The molecule has 0 radical (unpaired) electrons. The predicted octanol–water partition coefficient (Wildman–Crippen LogP) is 3.34. The molecule has 1 saturated heterocycles. The summed E-state index contributed by atoms with van der Waals surface area (Å²) >= 11 is 0. The van der Waals surface area contributed by atoms with Gasteiger partial charge in [0.25, 0.3) is 0 Å². The van der Waals surface area contributed by atoms with E-state index in [1.165, 1.54) is 16.8 Å². The molecule has 0 bridgehead atoms. The van der Waals surface area contributed by atoms with E-state index in [-0.39, 0.29) is 5.41 Å². The lowest BCUT2D eigenvalue weighted by Crippen LogP contribution is -2.46. The highest BCUT2D eigenvalue weighted by Gasteiger charge is 2.53. The molecule has 2 aromatic rings. The summed E-state index contributed by atoms with van der Waals surface area (Å²) in [5, 5.41) is 2.51. The van der Waals surface area contributed by atoms with Crippen molar-refractivity contribution in [2.24, 2.45) is 0 Å². The van der Waals surface area contributed by atoms with Crippen LogP contribution in [0.1, 0.15) is 24.5 Å². The Morgan fingerprint density at radius 1 is 1.27 bits per heavy atom. The lowest BCUT2D eigenvalue weighted by Gasteiger charge is -2.35. The number of carbonyl (C=O) groups excluding carboxylic acids is 1. The van der Waals surface area contributed by atoms with Gasteiger partial charge in [-0.2, -0.15) is 0 Å². The van der Waals surface area contributed by atoms with Gasteiger partial charge in [-0.05, 0) is 42.8 Å². The number of benzene rings is 2. The number of hydrogen-bond acceptors (Lipinski definition) is 4. The predicted molar refractivity (Wildman–Crippen MR) is 103 cm³/mol. The molecule has 2 aromatic carbocycles. The highest BCUT2D eigenvalue weighted by molar-refractivity contribution is 5.72. The van der Waals surface area contributed by atoms with Crippen LogP contribution in [0.15, 0.2) is 48.5 Å². The molecule has 0 spiro atoms. The second-order valence-electron chi connectivity index (χ2n) is 7.45. The third-order valence-corrected chi connectivity index (χ3v) is 5.77.